The first kappa shape index (κ1) is 26.5. The van der Waals surface area contributed by atoms with Gasteiger partial charge in [0.15, 0.2) is 5.96 Å². The number of aliphatic imine (C=N–C) groups is 1. The lowest BCUT2D eigenvalue weighted by Gasteiger charge is -2.13. The minimum absolute atomic E-state index is 0.133. The van der Waals surface area contributed by atoms with Crippen LogP contribution in [0.5, 0.6) is 0 Å². The number of fused-ring (bicyclic) bond motifs is 2. The lowest BCUT2D eigenvalue weighted by Crippen LogP contribution is -2.35. The third-order valence-electron chi connectivity index (χ3n) is 5.72. The molecule has 12 N–H and O–H groups in total. The number of nitrogens with two attached hydrogens (primary N) is 4. The second kappa shape index (κ2) is 10.8. The summed E-state index contributed by atoms with van der Waals surface area (Å²) >= 11 is 0. The number of nitrogens with zero attached hydrogens (tertiary/aromatic N) is 3. The molecular formula is C25H29N11O3. The molecule has 0 saturated carbocycles. The van der Waals surface area contributed by atoms with Crippen LogP contribution >= 0.6 is 0 Å². The molecule has 0 spiro atoms. The van der Waals surface area contributed by atoms with Crippen molar-refractivity contribution in [1.29, 1.82) is 0 Å². The molecule has 0 bridgehead atoms. The maximum Gasteiger partial charge on any atom is 0.290 e. The fourth-order valence-electron chi connectivity index (χ4n) is 4.03. The van der Waals surface area contributed by atoms with E-state index in [1.807, 2.05) is 0 Å². The summed E-state index contributed by atoms with van der Waals surface area (Å²) in [7, 11) is 0. The topological polar surface area (TPSA) is 239 Å². The van der Waals surface area contributed by atoms with Crippen LogP contribution in [0.2, 0.25) is 0 Å². The molecule has 2 heterocycles. The van der Waals surface area contributed by atoms with E-state index in [-0.39, 0.29) is 35.8 Å². The van der Waals surface area contributed by atoms with Crippen molar-refractivity contribution in [3.8, 4) is 0 Å². The molecule has 2 aromatic heterocycles. The van der Waals surface area contributed by atoms with Gasteiger partial charge in [-0.2, -0.15) is 0 Å². The van der Waals surface area contributed by atoms with Gasteiger partial charge in [-0.3, -0.25) is 14.4 Å². The molecule has 2 aromatic carbocycles. The number of anilines is 1. The van der Waals surface area contributed by atoms with Crippen molar-refractivity contribution in [1.82, 2.24) is 20.3 Å². The largest absolute Gasteiger partial charge is 0.370 e. The highest BCUT2D eigenvalue weighted by atomic mass is 16.2. The van der Waals surface area contributed by atoms with Crippen LogP contribution in [0, 0.1) is 0 Å². The minimum atomic E-state index is -0.603. The number of para-hydroxylation sites is 1. The average molecular weight is 532 g/mol. The Morgan fingerprint density at radius 1 is 0.923 bits per heavy atom. The Morgan fingerprint density at radius 3 is 2.36 bits per heavy atom. The fourth-order valence-corrected chi connectivity index (χ4v) is 4.03. The first-order chi connectivity index (χ1) is 18.5. The molecule has 0 aliphatic heterocycles. The predicted octanol–water partition coefficient (Wildman–Crippen LogP) is 0.901. The Kier molecular flexibility index (Phi) is 7.37. The molecule has 0 aliphatic carbocycles. The number of aromatic amines is 2. The number of carbonyl (C=O) groups is 3. The number of nitrogens with one attached hydrogen (secondary N) is 4. The van der Waals surface area contributed by atoms with Crippen LogP contribution in [-0.2, 0) is 0 Å². The fraction of sp³-hybridized carbons (Fsp3) is 0.160. The molecule has 4 rings (SSSR count). The maximum absolute atomic E-state index is 13.1. The standard InChI is InChI=1S/C25H29N11O3/c1-3-36(35-25(28)29)23(39)19-10-13-5-4-6-17(20(13)33-19)34-22(38)18-11-15-9-14(7-8-16(15)32-18)21(37)30-12(2)31-24(26)27/h4-12,32-33H,3H2,1-2H3,(H,30,37)(H,34,38)(H4,26,27,31)(H4,28,29,35). The number of hydrogen-bond donors (Lipinski definition) is 8. The third kappa shape index (κ3) is 5.90. The van der Waals surface area contributed by atoms with E-state index in [2.05, 4.69) is 30.7 Å². The number of aromatic nitrogens is 2. The number of rotatable bonds is 8. The molecule has 4 aromatic rings. The maximum atomic E-state index is 13.1. The van der Waals surface area contributed by atoms with Crippen LogP contribution in [0.1, 0.15) is 45.2 Å². The molecule has 3 amide bonds. The van der Waals surface area contributed by atoms with Gasteiger partial charge in [0.05, 0.1) is 11.2 Å². The van der Waals surface area contributed by atoms with E-state index >= 15 is 0 Å². The van der Waals surface area contributed by atoms with Crippen molar-refractivity contribution in [3.63, 3.8) is 0 Å². The summed E-state index contributed by atoms with van der Waals surface area (Å²) in [5, 5.41) is 11.9. The Bertz CT molecular complexity index is 1620. The Labute approximate surface area is 222 Å². The van der Waals surface area contributed by atoms with Gasteiger partial charge in [0, 0.05) is 28.4 Å². The zero-order valence-electron chi connectivity index (χ0n) is 21.3. The molecule has 1 atom stereocenters. The Morgan fingerprint density at radius 2 is 1.67 bits per heavy atom. The number of benzene rings is 2. The van der Waals surface area contributed by atoms with E-state index in [9.17, 15) is 14.4 Å². The van der Waals surface area contributed by atoms with Crippen LogP contribution < -0.4 is 33.6 Å². The van der Waals surface area contributed by atoms with Crippen LogP contribution in [-0.4, -0.2) is 57.3 Å². The monoisotopic (exact) mass is 531 g/mol. The number of hydrogen-bond acceptors (Lipinski definition) is 5. The number of carbonyl (C=O) groups excluding carboxylic acids is 3. The van der Waals surface area contributed by atoms with E-state index < -0.39 is 18.0 Å². The summed E-state index contributed by atoms with van der Waals surface area (Å²) in [6, 6.07) is 13.5. The van der Waals surface area contributed by atoms with Gasteiger partial charge in [0.25, 0.3) is 17.7 Å². The second-order valence-electron chi connectivity index (χ2n) is 8.64. The molecule has 0 fully saturated rings. The Hall–Kier alpha value is -5.53. The van der Waals surface area contributed by atoms with Crippen molar-refractivity contribution in [3.05, 3.63) is 65.5 Å². The average Bonchev–Trinajstić information content (AvgIpc) is 3.51. The van der Waals surface area contributed by atoms with Crippen molar-refractivity contribution in [2.45, 2.75) is 20.0 Å². The summed E-state index contributed by atoms with van der Waals surface area (Å²) in [6.07, 6.45) is -0.603. The second-order valence-corrected chi connectivity index (χ2v) is 8.64. The molecule has 0 saturated heterocycles. The van der Waals surface area contributed by atoms with Crippen molar-refractivity contribution in [2.75, 3.05) is 11.9 Å². The summed E-state index contributed by atoms with van der Waals surface area (Å²) in [5.74, 6) is -1.58. The van der Waals surface area contributed by atoms with Crippen LogP contribution in [0.3, 0.4) is 0 Å². The van der Waals surface area contributed by atoms with Crippen molar-refractivity contribution >= 4 is 57.1 Å². The highest BCUT2D eigenvalue weighted by Crippen LogP contribution is 2.26. The Balaban J connectivity index is 1.55. The zero-order chi connectivity index (χ0) is 28.3. The minimum Gasteiger partial charge on any atom is -0.370 e. The molecular weight excluding hydrogens is 502 g/mol. The highest BCUT2D eigenvalue weighted by Gasteiger charge is 2.19. The van der Waals surface area contributed by atoms with Crippen LogP contribution in [0.25, 0.3) is 21.8 Å². The van der Waals surface area contributed by atoms with E-state index in [0.29, 0.717) is 33.1 Å². The van der Waals surface area contributed by atoms with Gasteiger partial charge in [-0.25, -0.2) is 10.0 Å². The molecule has 39 heavy (non-hydrogen) atoms. The van der Waals surface area contributed by atoms with Gasteiger partial charge in [-0.15, -0.1) is 5.10 Å². The first-order valence-electron chi connectivity index (χ1n) is 11.9. The summed E-state index contributed by atoms with van der Waals surface area (Å²) < 4.78 is 0. The molecule has 0 radical (unpaired) electrons. The summed E-state index contributed by atoms with van der Waals surface area (Å²) in [4.78, 5) is 48.5. The molecule has 0 aliphatic rings. The number of amides is 3. The van der Waals surface area contributed by atoms with E-state index in [4.69, 9.17) is 22.9 Å². The number of guanidine groups is 2. The number of hydrazone groups is 1. The van der Waals surface area contributed by atoms with Gasteiger partial charge >= 0.3 is 0 Å². The summed E-state index contributed by atoms with van der Waals surface area (Å²) in [5.41, 5.74) is 24.1. The SMILES string of the molecule is CCN(N=C(N)N)C(=O)c1cc2cccc(NC(=O)c3cc4cc(C(=O)NC(C)N=C(N)N)ccc4[nH]3)c2[nH]1. The molecule has 1 unspecified atom stereocenters. The lowest BCUT2D eigenvalue weighted by atomic mass is 10.1. The zero-order valence-corrected chi connectivity index (χ0v) is 21.3. The predicted molar refractivity (Wildman–Crippen MR) is 150 cm³/mol. The van der Waals surface area contributed by atoms with Gasteiger partial charge in [-0.05, 0) is 50.2 Å². The van der Waals surface area contributed by atoms with E-state index in [1.54, 1.807) is 62.4 Å². The number of H-pyrrole nitrogens is 2. The van der Waals surface area contributed by atoms with Crippen molar-refractivity contribution in [2.24, 2.45) is 33.0 Å². The smallest absolute Gasteiger partial charge is 0.290 e. The van der Waals surface area contributed by atoms with Crippen LogP contribution in [0.4, 0.5) is 5.69 Å². The summed E-state index contributed by atoms with van der Waals surface area (Å²) in [6.45, 7) is 3.64. The molecule has 14 nitrogen and oxygen atoms in total. The van der Waals surface area contributed by atoms with E-state index in [1.165, 1.54) is 0 Å². The first-order valence-corrected chi connectivity index (χ1v) is 11.9. The van der Waals surface area contributed by atoms with Gasteiger partial charge < -0.3 is 43.5 Å². The molecule has 14 heteroatoms. The van der Waals surface area contributed by atoms with Gasteiger partial charge in [0.2, 0.25) is 5.96 Å². The quantitative estimate of drug-likeness (QED) is 0.0927. The van der Waals surface area contributed by atoms with Crippen LogP contribution in [0.15, 0.2) is 58.6 Å². The molecule has 202 valence electrons. The van der Waals surface area contributed by atoms with Gasteiger partial charge in [0.1, 0.15) is 17.6 Å². The van der Waals surface area contributed by atoms with Crippen molar-refractivity contribution < 1.29 is 14.4 Å². The van der Waals surface area contributed by atoms with Gasteiger partial charge in [-0.1, -0.05) is 12.1 Å². The van der Waals surface area contributed by atoms with E-state index in [0.717, 1.165) is 5.01 Å². The third-order valence-corrected chi connectivity index (χ3v) is 5.72. The highest BCUT2D eigenvalue weighted by molar-refractivity contribution is 6.11. The normalized spacial score (nSPS) is 11.5. The lowest BCUT2D eigenvalue weighted by molar-refractivity contribution is 0.0763.